The van der Waals surface area contributed by atoms with E-state index in [2.05, 4.69) is 114 Å². The van der Waals surface area contributed by atoms with Gasteiger partial charge in [0, 0.05) is 38.4 Å². The molecule has 10 aromatic rings. The van der Waals surface area contributed by atoms with Crippen molar-refractivity contribution in [1.82, 2.24) is 9.13 Å². The molecule has 0 saturated carbocycles. The minimum atomic E-state index is 0.184. The second-order valence-corrected chi connectivity index (χ2v) is 14.4. The molecule has 8 aromatic carbocycles. The van der Waals surface area contributed by atoms with E-state index in [9.17, 15) is 0 Å². The number of hydrogen-bond acceptors (Lipinski definition) is 0. The summed E-state index contributed by atoms with van der Waals surface area (Å²) in [6, 6.07) is 52.0. The summed E-state index contributed by atoms with van der Waals surface area (Å²) in [5, 5.41) is 3.25. The Morgan fingerprint density at radius 2 is 0.895 bits per heavy atom. The van der Waals surface area contributed by atoms with E-state index in [0.29, 0.717) is 43.8 Å². The van der Waals surface area contributed by atoms with Gasteiger partial charge in [-0.15, -0.1) is 10.9 Å². The van der Waals surface area contributed by atoms with E-state index in [0.717, 1.165) is 61.0 Å². The van der Waals surface area contributed by atoms with Crippen molar-refractivity contribution in [3.05, 3.63) is 152 Å². The topological polar surface area (TPSA) is 9.86 Å². The molecule has 57 heavy (non-hydrogen) atoms. The van der Waals surface area contributed by atoms with Crippen molar-refractivity contribution in [2.75, 3.05) is 0 Å². The van der Waals surface area contributed by atoms with E-state index in [1.54, 1.807) is 0 Å². The van der Waals surface area contributed by atoms with Crippen LogP contribution in [0.5, 0.6) is 0 Å². The van der Waals surface area contributed by atoms with Crippen LogP contribution in [0, 0.1) is 0 Å². The Morgan fingerprint density at radius 3 is 1.60 bits per heavy atom. The molecule has 0 unspecified atom stereocenters. The highest BCUT2D eigenvalue weighted by molar-refractivity contribution is 6.69. The van der Waals surface area contributed by atoms with E-state index in [4.69, 9.17) is 54.9 Å². The number of rotatable bonds is 5. The van der Waals surface area contributed by atoms with Gasteiger partial charge in [0.15, 0.2) is 0 Å². The van der Waals surface area contributed by atoms with Crippen LogP contribution in [0.15, 0.2) is 152 Å². The third kappa shape index (κ3) is 5.28. The molecular weight excluding hydrogens is 680 g/mol. The highest BCUT2D eigenvalue weighted by Crippen LogP contribution is 2.40. The Bertz CT molecular complexity index is 3240. The first-order chi connectivity index (χ1) is 27.7. The van der Waals surface area contributed by atoms with Crippen molar-refractivity contribution in [3.63, 3.8) is 0 Å². The molecular formula is C48H25B7N2. The van der Waals surface area contributed by atoms with Crippen LogP contribution in [0.2, 0.25) is 0 Å². The fourth-order valence-electron chi connectivity index (χ4n) is 8.61. The van der Waals surface area contributed by atoms with Crippen molar-refractivity contribution in [3.8, 4) is 44.8 Å². The van der Waals surface area contributed by atoms with Gasteiger partial charge in [0.25, 0.3) is 0 Å². The maximum absolute atomic E-state index is 7.28. The number of benzene rings is 8. The van der Waals surface area contributed by atoms with Crippen LogP contribution >= 0.6 is 0 Å². The lowest BCUT2D eigenvalue weighted by atomic mass is 9.64. The van der Waals surface area contributed by atoms with Crippen LogP contribution in [-0.4, -0.2) is 64.1 Å². The van der Waals surface area contributed by atoms with Crippen molar-refractivity contribution in [1.29, 1.82) is 0 Å². The second kappa shape index (κ2) is 13.5. The summed E-state index contributed by atoms with van der Waals surface area (Å²) < 4.78 is 4.26. The van der Waals surface area contributed by atoms with Gasteiger partial charge in [0.2, 0.25) is 0 Å². The molecule has 0 fully saturated rings. The Balaban J connectivity index is 1.29. The molecule has 0 amide bonds. The third-order valence-electron chi connectivity index (χ3n) is 11.3. The smallest absolute Gasteiger partial charge is 0.115 e. The first-order valence-electron chi connectivity index (χ1n) is 18.6. The summed E-state index contributed by atoms with van der Waals surface area (Å²) >= 11 is 0. The van der Waals surface area contributed by atoms with E-state index in [1.807, 2.05) is 47.0 Å². The largest absolute Gasteiger partial charge is 0.311 e. The molecule has 0 spiro atoms. The van der Waals surface area contributed by atoms with Gasteiger partial charge in [0.1, 0.15) is 54.9 Å². The summed E-state index contributed by atoms with van der Waals surface area (Å²) in [7, 11) is 47.9. The molecule has 0 bridgehead atoms. The van der Waals surface area contributed by atoms with Crippen LogP contribution in [0.25, 0.3) is 88.4 Å². The lowest BCUT2D eigenvalue weighted by molar-refractivity contribution is 1.18. The summed E-state index contributed by atoms with van der Waals surface area (Å²) in [6.45, 7) is 0. The average molecular weight is 705 g/mol. The third-order valence-corrected chi connectivity index (χ3v) is 11.3. The minimum absolute atomic E-state index is 0.184. The van der Waals surface area contributed by atoms with Gasteiger partial charge < -0.3 is 9.13 Å². The minimum Gasteiger partial charge on any atom is -0.311 e. The Morgan fingerprint density at radius 1 is 0.333 bits per heavy atom. The Kier molecular flexibility index (Phi) is 8.34. The molecule has 9 heteroatoms. The Hall–Kier alpha value is -6.19. The number of para-hydroxylation sites is 2. The van der Waals surface area contributed by atoms with Crippen LogP contribution < -0.4 is 38.2 Å². The van der Waals surface area contributed by atoms with Gasteiger partial charge in [0.05, 0.1) is 16.7 Å². The molecule has 2 aromatic heterocycles. The first-order valence-corrected chi connectivity index (χ1v) is 18.6. The lowest BCUT2D eigenvalue weighted by Gasteiger charge is -2.19. The molecule has 14 radical (unpaired) electrons. The normalized spacial score (nSPS) is 11.6. The molecule has 2 nitrogen and oxygen atoms in total. The Labute approximate surface area is 340 Å². The highest BCUT2D eigenvalue weighted by Gasteiger charge is 2.25. The SMILES string of the molecule is [B]c1c([B])c([B])c2c(c1[B])c1c([B])c(-c3ccc4c(c3)c3ccc(-c5ccccc5)cc3n4-c3ccccc3-c3ccccc3)c([B])c([B])c1n2-c1ccccc1. The zero-order valence-corrected chi connectivity index (χ0v) is 30.9. The maximum Gasteiger partial charge on any atom is 0.115 e. The van der Waals surface area contributed by atoms with Crippen LogP contribution in [-0.2, 0) is 0 Å². The molecule has 0 atom stereocenters. The number of nitrogens with zero attached hydrogens (tertiary/aromatic N) is 2. The van der Waals surface area contributed by atoms with Crippen molar-refractivity contribution in [2.24, 2.45) is 0 Å². The van der Waals surface area contributed by atoms with E-state index in [1.165, 1.54) is 0 Å². The summed E-state index contributed by atoms with van der Waals surface area (Å²) in [4.78, 5) is 0. The van der Waals surface area contributed by atoms with Gasteiger partial charge in [-0.25, -0.2) is 0 Å². The molecule has 10 rings (SSSR count). The van der Waals surface area contributed by atoms with Crippen LogP contribution in [0.3, 0.4) is 0 Å². The van der Waals surface area contributed by atoms with E-state index >= 15 is 0 Å². The van der Waals surface area contributed by atoms with Crippen LogP contribution in [0.4, 0.5) is 0 Å². The van der Waals surface area contributed by atoms with Crippen LogP contribution in [0.1, 0.15) is 0 Å². The zero-order valence-electron chi connectivity index (χ0n) is 30.9. The molecule has 0 aliphatic carbocycles. The van der Waals surface area contributed by atoms with E-state index < -0.39 is 0 Å². The quantitative estimate of drug-likeness (QED) is 0.235. The van der Waals surface area contributed by atoms with Crippen molar-refractivity contribution < 1.29 is 0 Å². The van der Waals surface area contributed by atoms with Gasteiger partial charge in [-0.05, 0) is 69.6 Å². The summed E-state index contributed by atoms with van der Waals surface area (Å²) in [5.41, 5.74) is 12.9. The van der Waals surface area contributed by atoms with Gasteiger partial charge >= 0.3 is 0 Å². The molecule has 248 valence electrons. The number of aromatic nitrogens is 2. The maximum atomic E-state index is 7.28. The predicted molar refractivity (Wildman–Crippen MR) is 249 cm³/mol. The summed E-state index contributed by atoms with van der Waals surface area (Å²) in [6.07, 6.45) is 0. The van der Waals surface area contributed by atoms with Gasteiger partial charge in [-0.3, -0.25) is 0 Å². The fourth-order valence-corrected chi connectivity index (χ4v) is 8.61. The first kappa shape index (κ1) is 35.2. The molecule has 2 heterocycles. The van der Waals surface area contributed by atoms with Gasteiger partial charge in [-0.1, -0.05) is 143 Å². The number of hydrogen-bond donors (Lipinski definition) is 0. The molecule has 0 aliphatic rings. The molecule has 0 N–H and O–H groups in total. The molecule has 0 aliphatic heterocycles. The van der Waals surface area contributed by atoms with E-state index in [-0.39, 0.29) is 21.9 Å². The average Bonchev–Trinajstić information content (AvgIpc) is 3.79. The van der Waals surface area contributed by atoms with Gasteiger partial charge in [-0.2, -0.15) is 0 Å². The zero-order chi connectivity index (χ0) is 39.1. The number of fused-ring (bicyclic) bond motifs is 6. The lowest BCUT2D eigenvalue weighted by Crippen LogP contribution is -2.48. The molecule has 0 saturated heterocycles. The predicted octanol–water partition coefficient (Wildman–Crippen LogP) is 4.44. The standard InChI is InChI=1S/C48H25B7N2/c49-40-37(41(50)45(54)47-38(40)39-42(51)43(52)44(53)46(55)48(39)56(47)30-16-8-3-9-17-30)29-21-23-35-33(24-29)32-22-20-28(26-12-4-1-5-13-26)25-36(32)57(35)34-19-11-10-18-31(34)27-14-6-2-7-15-27/h1-25H. The highest BCUT2D eigenvalue weighted by atomic mass is 15.0. The monoisotopic (exact) mass is 706 g/mol. The fraction of sp³-hybridized carbons (Fsp3) is 0. The summed E-state index contributed by atoms with van der Waals surface area (Å²) in [5.74, 6) is 0. The second-order valence-electron chi connectivity index (χ2n) is 14.4. The van der Waals surface area contributed by atoms with Crippen molar-refractivity contribution >= 4 is 137 Å². The van der Waals surface area contributed by atoms with Crippen molar-refractivity contribution in [2.45, 2.75) is 0 Å².